The van der Waals surface area contributed by atoms with E-state index in [1.165, 1.54) is 81.4 Å². The molecule has 0 unspecified atom stereocenters. The molecule has 0 amide bonds. The maximum atomic E-state index is 12.4. The van der Waals surface area contributed by atoms with Crippen LogP contribution in [0.1, 0.15) is 103 Å². The van der Waals surface area contributed by atoms with Gasteiger partial charge < -0.3 is 25.4 Å². The lowest BCUT2D eigenvalue weighted by Gasteiger charge is -2.20. The maximum absolute atomic E-state index is 12.4. The van der Waals surface area contributed by atoms with Crippen molar-refractivity contribution in [2.75, 3.05) is 12.3 Å². The molecule has 1 fully saturated rings. The fraction of sp³-hybridized carbons (Fsp3) is 0.769. The monoisotopic (exact) mass is 505 g/mol. The van der Waals surface area contributed by atoms with Crippen LogP contribution in [0.25, 0.3) is 11.2 Å². The number of esters is 1. The second-order valence-corrected chi connectivity index (χ2v) is 9.77. The summed E-state index contributed by atoms with van der Waals surface area (Å²) < 4.78 is 12.8. The number of carbonyl (C=O) groups excluding carboxylic acids is 1. The smallest absolute Gasteiger partial charge is 0.306 e. The Kier molecular flexibility index (Phi) is 11.8. The van der Waals surface area contributed by atoms with E-state index in [1.807, 2.05) is 0 Å². The first-order chi connectivity index (χ1) is 17.6. The van der Waals surface area contributed by atoms with Crippen molar-refractivity contribution < 1.29 is 24.5 Å². The van der Waals surface area contributed by atoms with Crippen LogP contribution < -0.4 is 5.73 Å². The summed E-state index contributed by atoms with van der Waals surface area (Å²) in [4.78, 5) is 24.7. The molecule has 4 N–H and O–H groups in total. The van der Waals surface area contributed by atoms with Gasteiger partial charge in [-0.15, -0.1) is 0 Å². The van der Waals surface area contributed by atoms with Crippen LogP contribution in [0.15, 0.2) is 12.7 Å². The van der Waals surface area contributed by atoms with Crippen molar-refractivity contribution in [3.63, 3.8) is 0 Å². The molecular formula is C26H43N5O5. The minimum Gasteiger partial charge on any atom is -0.457 e. The van der Waals surface area contributed by atoms with Crippen LogP contribution in [-0.2, 0) is 14.3 Å². The molecule has 2 aromatic heterocycles. The predicted molar refractivity (Wildman–Crippen MR) is 137 cm³/mol. The largest absolute Gasteiger partial charge is 0.457 e. The number of aromatic nitrogens is 4. The molecule has 2 aromatic rings. The zero-order chi connectivity index (χ0) is 25.8. The van der Waals surface area contributed by atoms with Gasteiger partial charge in [-0.25, -0.2) is 15.0 Å². The van der Waals surface area contributed by atoms with E-state index in [9.17, 15) is 15.0 Å². The van der Waals surface area contributed by atoms with E-state index in [-0.39, 0.29) is 12.2 Å². The molecule has 0 spiro atoms. The maximum Gasteiger partial charge on any atom is 0.306 e. The number of rotatable bonds is 17. The van der Waals surface area contributed by atoms with Crippen molar-refractivity contribution in [2.24, 2.45) is 0 Å². The number of imidazole rings is 1. The van der Waals surface area contributed by atoms with Crippen LogP contribution in [0.3, 0.4) is 0 Å². The summed E-state index contributed by atoms with van der Waals surface area (Å²) in [7, 11) is 0. The molecule has 1 aliphatic heterocycles. The normalized spacial score (nSPS) is 21.9. The lowest BCUT2D eigenvalue weighted by atomic mass is 10.0. The Morgan fingerprint density at radius 2 is 1.61 bits per heavy atom. The summed E-state index contributed by atoms with van der Waals surface area (Å²) in [6, 6.07) is 0. The van der Waals surface area contributed by atoms with E-state index in [4.69, 9.17) is 15.2 Å². The molecule has 0 radical (unpaired) electrons. The molecule has 10 nitrogen and oxygen atoms in total. The van der Waals surface area contributed by atoms with E-state index < -0.39 is 37.1 Å². The second kappa shape index (κ2) is 15.1. The Bertz CT molecular complexity index is 923. The molecule has 1 aliphatic rings. The standard InChI is InChI=1S/C26H43N5O5/c1-2-3-4-5-6-7-8-9-10-11-12-13-14-15-20(33)36-23-19(16-32)35-26(22(23)34)31-18-30-21-24(27)28-17-29-25(21)31/h17-19,22-23,26,32,34H,2-16H2,1H3,(H2,27,28,29)/t19-,22-,23-,26-/m1/s1. The molecule has 4 atom stereocenters. The highest BCUT2D eigenvalue weighted by Crippen LogP contribution is 2.33. The third-order valence-corrected chi connectivity index (χ3v) is 6.90. The summed E-state index contributed by atoms with van der Waals surface area (Å²) in [5, 5.41) is 20.6. The minimum atomic E-state index is -1.19. The predicted octanol–water partition coefficient (Wildman–Crippen LogP) is 4.05. The first-order valence-corrected chi connectivity index (χ1v) is 13.6. The molecule has 0 saturated carbocycles. The molecule has 1 saturated heterocycles. The Morgan fingerprint density at radius 3 is 2.22 bits per heavy atom. The van der Waals surface area contributed by atoms with Crippen molar-refractivity contribution >= 4 is 23.0 Å². The Balaban J connectivity index is 1.33. The molecule has 0 bridgehead atoms. The Morgan fingerprint density at radius 1 is 1.00 bits per heavy atom. The number of nitrogen functional groups attached to an aromatic ring is 1. The number of fused-ring (bicyclic) bond motifs is 1. The van der Waals surface area contributed by atoms with E-state index in [0.717, 1.165) is 19.3 Å². The molecular weight excluding hydrogens is 462 g/mol. The van der Waals surface area contributed by atoms with Gasteiger partial charge in [0.2, 0.25) is 0 Å². The van der Waals surface area contributed by atoms with Gasteiger partial charge in [-0.1, -0.05) is 84.0 Å². The van der Waals surface area contributed by atoms with Gasteiger partial charge >= 0.3 is 5.97 Å². The van der Waals surface area contributed by atoms with Gasteiger partial charge in [-0.05, 0) is 6.42 Å². The van der Waals surface area contributed by atoms with Gasteiger partial charge in [0.15, 0.2) is 23.8 Å². The van der Waals surface area contributed by atoms with E-state index in [0.29, 0.717) is 11.2 Å². The van der Waals surface area contributed by atoms with Gasteiger partial charge in [0, 0.05) is 6.42 Å². The van der Waals surface area contributed by atoms with E-state index in [1.54, 1.807) is 0 Å². The van der Waals surface area contributed by atoms with Gasteiger partial charge in [-0.3, -0.25) is 9.36 Å². The first-order valence-electron chi connectivity index (χ1n) is 13.6. The van der Waals surface area contributed by atoms with Crippen molar-refractivity contribution in [1.29, 1.82) is 0 Å². The number of aliphatic hydroxyl groups excluding tert-OH is 2. The minimum absolute atomic E-state index is 0.214. The Hall–Kier alpha value is -2.30. The lowest BCUT2D eigenvalue weighted by molar-refractivity contribution is -0.156. The number of hydrogen-bond acceptors (Lipinski definition) is 9. The topological polar surface area (TPSA) is 146 Å². The highest BCUT2D eigenvalue weighted by atomic mass is 16.6. The third kappa shape index (κ3) is 7.85. The fourth-order valence-corrected chi connectivity index (χ4v) is 4.80. The van der Waals surface area contributed by atoms with Crippen LogP contribution in [0.5, 0.6) is 0 Å². The highest BCUT2D eigenvalue weighted by Gasteiger charge is 2.47. The lowest BCUT2D eigenvalue weighted by Crippen LogP contribution is -2.37. The number of carbonyl (C=O) groups is 1. The van der Waals surface area contributed by atoms with Crippen LogP contribution in [0.2, 0.25) is 0 Å². The van der Waals surface area contributed by atoms with Crippen molar-refractivity contribution in [1.82, 2.24) is 19.5 Å². The Labute approximate surface area is 213 Å². The number of hydrogen-bond donors (Lipinski definition) is 3. The molecule has 10 heteroatoms. The van der Waals surface area contributed by atoms with Crippen LogP contribution >= 0.6 is 0 Å². The number of nitrogens with zero attached hydrogens (tertiary/aromatic N) is 4. The summed E-state index contributed by atoms with van der Waals surface area (Å²) in [5.41, 5.74) is 6.61. The van der Waals surface area contributed by atoms with Gasteiger partial charge in [-0.2, -0.15) is 0 Å². The molecule has 202 valence electrons. The quantitative estimate of drug-likeness (QED) is 0.214. The first kappa shape index (κ1) is 28.3. The van der Waals surface area contributed by atoms with E-state index >= 15 is 0 Å². The molecule has 0 aromatic carbocycles. The number of ether oxygens (including phenoxy) is 2. The van der Waals surface area contributed by atoms with Gasteiger partial charge in [0.05, 0.1) is 12.9 Å². The zero-order valence-electron chi connectivity index (χ0n) is 21.6. The van der Waals surface area contributed by atoms with Crippen molar-refractivity contribution in [2.45, 2.75) is 121 Å². The number of nitrogens with two attached hydrogens (primary N) is 1. The van der Waals surface area contributed by atoms with Crippen LogP contribution in [0.4, 0.5) is 5.82 Å². The molecule has 3 heterocycles. The molecule has 3 rings (SSSR count). The zero-order valence-corrected chi connectivity index (χ0v) is 21.6. The van der Waals surface area contributed by atoms with Gasteiger partial charge in [0.1, 0.15) is 24.1 Å². The van der Waals surface area contributed by atoms with Crippen molar-refractivity contribution in [3.05, 3.63) is 12.7 Å². The number of aliphatic hydroxyl groups is 2. The van der Waals surface area contributed by atoms with Crippen LogP contribution in [-0.4, -0.2) is 60.6 Å². The summed E-state index contributed by atoms with van der Waals surface area (Å²) in [6.07, 6.45) is 15.1. The highest BCUT2D eigenvalue weighted by molar-refractivity contribution is 5.81. The summed E-state index contributed by atoms with van der Waals surface area (Å²) >= 11 is 0. The number of unbranched alkanes of at least 4 members (excludes halogenated alkanes) is 12. The second-order valence-electron chi connectivity index (χ2n) is 9.77. The van der Waals surface area contributed by atoms with E-state index in [2.05, 4.69) is 21.9 Å². The molecule has 0 aliphatic carbocycles. The summed E-state index contributed by atoms with van der Waals surface area (Å²) in [6.45, 7) is 1.85. The number of anilines is 1. The average molecular weight is 506 g/mol. The fourth-order valence-electron chi connectivity index (χ4n) is 4.80. The van der Waals surface area contributed by atoms with Crippen molar-refractivity contribution in [3.8, 4) is 0 Å². The van der Waals surface area contributed by atoms with Crippen LogP contribution in [0, 0.1) is 0 Å². The third-order valence-electron chi connectivity index (χ3n) is 6.90. The van der Waals surface area contributed by atoms with Gasteiger partial charge in [0.25, 0.3) is 0 Å². The SMILES string of the molecule is CCCCCCCCCCCCCCCC(=O)O[C@H]1[C@@H](O)[C@H](n2cnc3c(N)ncnc32)O[C@@H]1CO. The molecule has 36 heavy (non-hydrogen) atoms. The average Bonchev–Trinajstić information content (AvgIpc) is 3.44. The summed E-state index contributed by atoms with van der Waals surface area (Å²) in [5.74, 6) is -0.183.